The first kappa shape index (κ1) is 12.9. The molecule has 2 aromatic rings. The molecular formula is C14H19N5O. The maximum absolute atomic E-state index is 11.9. The van der Waals surface area contributed by atoms with E-state index in [1.54, 1.807) is 4.52 Å². The lowest BCUT2D eigenvalue weighted by molar-refractivity contribution is -0.129. The summed E-state index contributed by atoms with van der Waals surface area (Å²) in [5, 5.41) is 7.45. The number of anilines is 1. The number of aryl methyl sites for hydroxylation is 1. The second-order valence-corrected chi connectivity index (χ2v) is 5.21. The van der Waals surface area contributed by atoms with Crippen molar-refractivity contribution in [3.05, 3.63) is 23.9 Å². The molecule has 2 aromatic heterocycles. The lowest BCUT2D eigenvalue weighted by Crippen LogP contribution is -2.29. The van der Waals surface area contributed by atoms with Gasteiger partial charge in [-0.1, -0.05) is 6.07 Å². The van der Waals surface area contributed by atoms with Crippen molar-refractivity contribution in [2.45, 2.75) is 26.2 Å². The van der Waals surface area contributed by atoms with Crippen molar-refractivity contribution in [3.8, 4) is 0 Å². The van der Waals surface area contributed by atoms with Gasteiger partial charge >= 0.3 is 0 Å². The molecule has 1 aliphatic rings. The molecule has 0 atom stereocenters. The number of hydrogen-bond acceptors (Lipinski definition) is 4. The van der Waals surface area contributed by atoms with Gasteiger partial charge in [0.1, 0.15) is 0 Å². The van der Waals surface area contributed by atoms with Crippen LogP contribution in [0.3, 0.4) is 0 Å². The van der Waals surface area contributed by atoms with E-state index >= 15 is 0 Å². The molecule has 6 nitrogen and oxygen atoms in total. The Morgan fingerprint density at radius 1 is 1.35 bits per heavy atom. The molecule has 1 fully saturated rings. The minimum atomic E-state index is 0.217. The average molecular weight is 273 g/mol. The molecule has 3 rings (SSSR count). The predicted octanol–water partition coefficient (Wildman–Crippen LogP) is 1.46. The van der Waals surface area contributed by atoms with Gasteiger partial charge < -0.3 is 10.2 Å². The van der Waals surface area contributed by atoms with E-state index < -0.39 is 0 Å². The van der Waals surface area contributed by atoms with E-state index in [9.17, 15) is 4.79 Å². The topological polar surface area (TPSA) is 62.5 Å². The van der Waals surface area contributed by atoms with Gasteiger partial charge in [-0.15, -0.1) is 5.10 Å². The molecule has 106 valence electrons. The van der Waals surface area contributed by atoms with Gasteiger partial charge in [0, 0.05) is 32.3 Å². The zero-order chi connectivity index (χ0) is 13.9. The molecule has 0 aliphatic carbocycles. The van der Waals surface area contributed by atoms with E-state index in [1.807, 2.05) is 30.2 Å². The summed E-state index contributed by atoms with van der Waals surface area (Å²) >= 11 is 0. The summed E-state index contributed by atoms with van der Waals surface area (Å²) in [6, 6.07) is 3.94. The van der Waals surface area contributed by atoms with E-state index in [2.05, 4.69) is 15.4 Å². The number of rotatable bonds is 4. The van der Waals surface area contributed by atoms with E-state index in [-0.39, 0.29) is 5.91 Å². The van der Waals surface area contributed by atoms with Crippen LogP contribution in [0.4, 0.5) is 5.95 Å². The Bertz CT molecular complexity index is 615. The molecule has 20 heavy (non-hydrogen) atoms. The number of likely N-dealkylation sites (tertiary alicyclic amines) is 1. The quantitative estimate of drug-likeness (QED) is 0.916. The van der Waals surface area contributed by atoms with E-state index in [0.717, 1.165) is 37.1 Å². The Hall–Kier alpha value is -2.11. The molecule has 1 N–H and O–H groups in total. The van der Waals surface area contributed by atoms with Crippen molar-refractivity contribution in [2.75, 3.05) is 25.0 Å². The zero-order valence-electron chi connectivity index (χ0n) is 11.7. The third kappa shape index (κ3) is 2.74. The Morgan fingerprint density at radius 2 is 2.15 bits per heavy atom. The summed E-state index contributed by atoms with van der Waals surface area (Å²) in [5.74, 6) is 0.791. The fourth-order valence-electron chi connectivity index (χ4n) is 2.47. The molecule has 0 bridgehead atoms. The fraction of sp³-hybridized carbons (Fsp3) is 0.500. The number of nitrogens with zero attached hydrogens (tertiary/aromatic N) is 4. The van der Waals surface area contributed by atoms with E-state index in [0.29, 0.717) is 18.9 Å². The number of nitrogens with one attached hydrogen (secondary N) is 1. The molecule has 0 spiro atoms. The molecule has 0 aromatic carbocycles. The van der Waals surface area contributed by atoms with Crippen molar-refractivity contribution in [1.82, 2.24) is 19.5 Å². The van der Waals surface area contributed by atoms with Gasteiger partial charge in [-0.2, -0.15) is 4.98 Å². The maximum Gasteiger partial charge on any atom is 0.243 e. The standard InChI is InChI=1S/C14H19N5O/c1-11-4-5-12-16-14(17-19(12)10-11)15-7-6-13(20)18-8-2-3-9-18/h4-5,10H,2-3,6-9H2,1H3,(H,15,17). The highest BCUT2D eigenvalue weighted by Gasteiger charge is 2.17. The number of hydrogen-bond donors (Lipinski definition) is 1. The van der Waals surface area contributed by atoms with Crippen molar-refractivity contribution in [1.29, 1.82) is 0 Å². The minimum absolute atomic E-state index is 0.217. The fourth-order valence-corrected chi connectivity index (χ4v) is 2.47. The van der Waals surface area contributed by atoms with E-state index in [1.165, 1.54) is 0 Å². The van der Waals surface area contributed by atoms with Crippen molar-refractivity contribution in [3.63, 3.8) is 0 Å². The van der Waals surface area contributed by atoms with Crippen LogP contribution in [-0.4, -0.2) is 45.0 Å². The van der Waals surface area contributed by atoms with E-state index in [4.69, 9.17) is 0 Å². The number of fused-ring (bicyclic) bond motifs is 1. The highest BCUT2D eigenvalue weighted by Crippen LogP contribution is 2.10. The van der Waals surface area contributed by atoms with Gasteiger partial charge in [0.15, 0.2) is 5.65 Å². The molecule has 1 saturated heterocycles. The zero-order valence-corrected chi connectivity index (χ0v) is 11.7. The smallest absolute Gasteiger partial charge is 0.243 e. The Kier molecular flexibility index (Phi) is 3.54. The van der Waals surface area contributed by atoms with Crippen LogP contribution >= 0.6 is 0 Å². The Morgan fingerprint density at radius 3 is 2.95 bits per heavy atom. The number of amides is 1. The van der Waals surface area contributed by atoms with Crippen molar-refractivity contribution < 1.29 is 4.79 Å². The average Bonchev–Trinajstić information content (AvgIpc) is 3.06. The highest BCUT2D eigenvalue weighted by molar-refractivity contribution is 5.76. The summed E-state index contributed by atoms with van der Waals surface area (Å²) in [5.41, 5.74) is 1.95. The van der Waals surface area contributed by atoms with Crippen molar-refractivity contribution in [2.24, 2.45) is 0 Å². The molecule has 1 amide bonds. The molecule has 0 radical (unpaired) electrons. The number of carbonyl (C=O) groups is 1. The molecular weight excluding hydrogens is 254 g/mol. The maximum atomic E-state index is 11.9. The van der Waals surface area contributed by atoms with Crippen LogP contribution < -0.4 is 5.32 Å². The summed E-state index contributed by atoms with van der Waals surface area (Å²) < 4.78 is 1.75. The first-order valence-electron chi connectivity index (χ1n) is 7.07. The van der Waals surface area contributed by atoms with Gasteiger partial charge in [0.25, 0.3) is 0 Å². The van der Waals surface area contributed by atoms with Crippen LogP contribution in [0.2, 0.25) is 0 Å². The van der Waals surface area contributed by atoms with Crippen molar-refractivity contribution >= 4 is 17.5 Å². The Balaban J connectivity index is 1.55. The lowest BCUT2D eigenvalue weighted by Gasteiger charge is -2.14. The number of carbonyl (C=O) groups excluding carboxylic acids is 1. The van der Waals surface area contributed by atoms with Gasteiger partial charge in [0.2, 0.25) is 11.9 Å². The van der Waals surface area contributed by atoms with Crippen LogP contribution in [0.15, 0.2) is 18.3 Å². The van der Waals surface area contributed by atoms with Crippen LogP contribution in [0.25, 0.3) is 5.65 Å². The van der Waals surface area contributed by atoms with Gasteiger partial charge in [-0.25, -0.2) is 4.52 Å². The van der Waals surface area contributed by atoms with Gasteiger partial charge in [0.05, 0.1) is 0 Å². The summed E-state index contributed by atoms with van der Waals surface area (Å²) in [6.07, 6.45) is 4.69. The second-order valence-electron chi connectivity index (χ2n) is 5.21. The SMILES string of the molecule is Cc1ccc2nc(NCCC(=O)N3CCCC3)nn2c1. The van der Waals surface area contributed by atoms with Crippen LogP contribution in [-0.2, 0) is 4.79 Å². The predicted molar refractivity (Wildman–Crippen MR) is 76.6 cm³/mol. The molecule has 1 aliphatic heterocycles. The first-order valence-corrected chi connectivity index (χ1v) is 7.07. The second kappa shape index (κ2) is 5.48. The van der Waals surface area contributed by atoms with Crippen LogP contribution in [0.1, 0.15) is 24.8 Å². The third-order valence-corrected chi connectivity index (χ3v) is 3.56. The third-order valence-electron chi connectivity index (χ3n) is 3.56. The molecule has 0 saturated carbocycles. The normalized spacial score (nSPS) is 14.9. The summed E-state index contributed by atoms with van der Waals surface area (Å²) in [6.45, 7) is 4.41. The monoisotopic (exact) mass is 273 g/mol. The molecule has 0 unspecified atom stereocenters. The van der Waals surface area contributed by atoms with Gasteiger partial charge in [-0.05, 0) is 31.4 Å². The van der Waals surface area contributed by atoms with Crippen LogP contribution in [0.5, 0.6) is 0 Å². The molecule has 6 heteroatoms. The number of pyridine rings is 1. The summed E-state index contributed by atoms with van der Waals surface area (Å²) in [7, 11) is 0. The highest BCUT2D eigenvalue weighted by atomic mass is 16.2. The molecule has 3 heterocycles. The lowest BCUT2D eigenvalue weighted by atomic mass is 10.3. The largest absolute Gasteiger partial charge is 0.352 e. The van der Waals surface area contributed by atoms with Crippen LogP contribution in [0, 0.1) is 6.92 Å². The number of aromatic nitrogens is 3. The minimum Gasteiger partial charge on any atom is -0.352 e. The van der Waals surface area contributed by atoms with Gasteiger partial charge in [-0.3, -0.25) is 4.79 Å². The Labute approximate surface area is 117 Å². The first-order chi connectivity index (χ1) is 9.72. The summed E-state index contributed by atoms with van der Waals surface area (Å²) in [4.78, 5) is 18.2.